The maximum absolute atomic E-state index is 5.33. The van der Waals surface area contributed by atoms with E-state index in [1.165, 1.54) is 0 Å². The number of benzene rings is 1. The highest BCUT2D eigenvalue weighted by atomic mass is 16.5. The number of anilines is 1. The summed E-state index contributed by atoms with van der Waals surface area (Å²) in [7, 11) is 1.66. The van der Waals surface area contributed by atoms with Crippen LogP contribution in [0, 0.1) is 0 Å². The molecule has 1 heterocycles. The van der Waals surface area contributed by atoms with Gasteiger partial charge in [-0.2, -0.15) is 0 Å². The van der Waals surface area contributed by atoms with Crippen LogP contribution in [0.5, 0.6) is 5.75 Å². The molecule has 0 aliphatic rings. The fourth-order valence-electron chi connectivity index (χ4n) is 1.65. The third kappa shape index (κ3) is 2.95. The van der Waals surface area contributed by atoms with E-state index in [2.05, 4.69) is 10.4 Å². The van der Waals surface area contributed by atoms with Crippen molar-refractivity contribution in [3.05, 3.63) is 53.7 Å². The molecule has 2 aromatic rings. The molecule has 0 radical (unpaired) electrons. The number of methoxy groups -OCH3 is 1. The summed E-state index contributed by atoms with van der Waals surface area (Å²) in [6.45, 7) is 0. The molecule has 0 bridgehead atoms. The van der Waals surface area contributed by atoms with Crippen LogP contribution in [0.3, 0.4) is 0 Å². The number of hydrogen-bond donors (Lipinski definition) is 2. The monoisotopic (exact) mass is 229 g/mol. The van der Waals surface area contributed by atoms with E-state index in [9.17, 15) is 0 Å². The highest BCUT2D eigenvalue weighted by molar-refractivity contribution is 5.36. The van der Waals surface area contributed by atoms with Crippen LogP contribution in [0.15, 0.2) is 42.5 Å². The number of nitrogens with one attached hydrogen (secondary N) is 1. The van der Waals surface area contributed by atoms with Gasteiger partial charge in [0.15, 0.2) is 0 Å². The van der Waals surface area contributed by atoms with Crippen molar-refractivity contribution in [3.63, 3.8) is 0 Å². The normalized spacial score (nSPS) is 10.0. The number of rotatable bonds is 4. The minimum absolute atomic E-state index is 0.672. The van der Waals surface area contributed by atoms with Gasteiger partial charge in [0.2, 0.25) is 0 Å². The Morgan fingerprint density at radius 1 is 1.24 bits per heavy atom. The molecule has 88 valence electrons. The molecule has 17 heavy (non-hydrogen) atoms. The molecule has 2 rings (SSSR count). The molecule has 4 nitrogen and oxygen atoms in total. The number of ether oxygens (including phenoxy) is 1. The number of nitrogens with zero attached hydrogens (tertiary/aromatic N) is 1. The SMILES string of the molecule is COc1cccc(Cc2cccc(NN)n2)c1. The summed E-state index contributed by atoms with van der Waals surface area (Å²) >= 11 is 0. The molecule has 1 aromatic carbocycles. The summed E-state index contributed by atoms with van der Waals surface area (Å²) in [4.78, 5) is 4.37. The lowest BCUT2D eigenvalue weighted by Gasteiger charge is -2.05. The van der Waals surface area contributed by atoms with Crippen LogP contribution in [-0.4, -0.2) is 12.1 Å². The van der Waals surface area contributed by atoms with Crippen LogP contribution >= 0.6 is 0 Å². The summed E-state index contributed by atoms with van der Waals surface area (Å²) < 4.78 is 5.18. The van der Waals surface area contributed by atoms with Gasteiger partial charge >= 0.3 is 0 Å². The molecule has 0 spiro atoms. The van der Waals surface area contributed by atoms with E-state index < -0.39 is 0 Å². The molecule has 3 N–H and O–H groups in total. The Hall–Kier alpha value is -2.07. The van der Waals surface area contributed by atoms with Crippen molar-refractivity contribution in [3.8, 4) is 5.75 Å². The average Bonchev–Trinajstić information content (AvgIpc) is 2.39. The van der Waals surface area contributed by atoms with Crippen molar-refractivity contribution in [2.24, 2.45) is 5.84 Å². The first-order valence-electron chi connectivity index (χ1n) is 5.37. The van der Waals surface area contributed by atoms with E-state index >= 15 is 0 Å². The van der Waals surface area contributed by atoms with Gasteiger partial charge in [0.25, 0.3) is 0 Å². The summed E-state index contributed by atoms with van der Waals surface area (Å²) in [5, 5.41) is 0. The minimum atomic E-state index is 0.672. The fraction of sp³-hybridized carbons (Fsp3) is 0.154. The van der Waals surface area contributed by atoms with Crippen LogP contribution in [0.4, 0.5) is 5.82 Å². The molecule has 0 saturated heterocycles. The Labute approximate surface area is 100 Å². The van der Waals surface area contributed by atoms with Gasteiger partial charge < -0.3 is 10.2 Å². The standard InChI is InChI=1S/C13H15N3O/c1-17-12-6-2-4-10(9-12)8-11-5-3-7-13(15-11)16-14/h2-7,9H,8,14H2,1H3,(H,15,16). The number of hydrogen-bond acceptors (Lipinski definition) is 4. The third-order valence-electron chi connectivity index (χ3n) is 2.47. The zero-order valence-electron chi connectivity index (χ0n) is 9.68. The molecule has 1 aromatic heterocycles. The van der Waals surface area contributed by atoms with Crippen molar-refractivity contribution in [1.82, 2.24) is 4.98 Å². The topological polar surface area (TPSA) is 60.2 Å². The number of nitrogen functional groups attached to an aromatic ring is 1. The zero-order valence-corrected chi connectivity index (χ0v) is 9.68. The van der Waals surface area contributed by atoms with Gasteiger partial charge in [-0.05, 0) is 29.8 Å². The van der Waals surface area contributed by atoms with E-state index in [1.54, 1.807) is 7.11 Å². The maximum atomic E-state index is 5.33. The zero-order chi connectivity index (χ0) is 12.1. The molecule has 0 amide bonds. The fourth-order valence-corrected chi connectivity index (χ4v) is 1.65. The molecule has 0 aliphatic heterocycles. The first kappa shape index (κ1) is 11.4. The first-order chi connectivity index (χ1) is 8.31. The van der Waals surface area contributed by atoms with Crippen molar-refractivity contribution >= 4 is 5.82 Å². The lowest BCUT2D eigenvalue weighted by Crippen LogP contribution is -2.09. The van der Waals surface area contributed by atoms with Crippen LogP contribution in [0.2, 0.25) is 0 Å². The highest BCUT2D eigenvalue weighted by Gasteiger charge is 2.00. The van der Waals surface area contributed by atoms with Crippen molar-refractivity contribution in [2.75, 3.05) is 12.5 Å². The average molecular weight is 229 g/mol. The van der Waals surface area contributed by atoms with Gasteiger partial charge in [-0.15, -0.1) is 0 Å². The Balaban J connectivity index is 2.18. The lowest BCUT2D eigenvalue weighted by atomic mass is 10.1. The quantitative estimate of drug-likeness (QED) is 0.621. The third-order valence-corrected chi connectivity index (χ3v) is 2.47. The molecule has 4 heteroatoms. The van der Waals surface area contributed by atoms with Crippen LogP contribution in [0.1, 0.15) is 11.3 Å². The Bertz CT molecular complexity index is 454. The molecular formula is C13H15N3O. The predicted molar refractivity (Wildman–Crippen MR) is 67.8 cm³/mol. The van der Waals surface area contributed by atoms with Gasteiger partial charge in [-0.25, -0.2) is 10.8 Å². The number of pyridine rings is 1. The number of hydrazine groups is 1. The second-order valence-corrected chi connectivity index (χ2v) is 3.69. The van der Waals surface area contributed by atoms with Gasteiger partial charge in [0.1, 0.15) is 11.6 Å². The summed E-state index contributed by atoms with van der Waals surface area (Å²) in [5.74, 6) is 6.85. The largest absolute Gasteiger partial charge is 0.497 e. The van der Waals surface area contributed by atoms with Crippen molar-refractivity contribution < 1.29 is 4.74 Å². The van der Waals surface area contributed by atoms with Crippen molar-refractivity contribution in [1.29, 1.82) is 0 Å². The maximum Gasteiger partial charge on any atom is 0.140 e. The molecule has 0 fully saturated rings. The van der Waals surface area contributed by atoms with E-state index in [4.69, 9.17) is 10.6 Å². The molecule has 0 aliphatic carbocycles. The Morgan fingerprint density at radius 2 is 2.06 bits per heavy atom. The number of aromatic nitrogens is 1. The summed E-state index contributed by atoms with van der Waals surface area (Å²) in [6.07, 6.45) is 0.757. The van der Waals surface area contributed by atoms with E-state index in [-0.39, 0.29) is 0 Å². The minimum Gasteiger partial charge on any atom is -0.497 e. The van der Waals surface area contributed by atoms with E-state index in [0.29, 0.717) is 5.82 Å². The molecular weight excluding hydrogens is 214 g/mol. The molecule has 0 atom stereocenters. The van der Waals surface area contributed by atoms with E-state index in [1.807, 2.05) is 42.5 Å². The van der Waals surface area contributed by atoms with Crippen LogP contribution < -0.4 is 16.0 Å². The second-order valence-electron chi connectivity index (χ2n) is 3.69. The molecule has 0 saturated carbocycles. The Kier molecular flexibility index (Phi) is 3.57. The van der Waals surface area contributed by atoms with E-state index in [0.717, 1.165) is 23.4 Å². The van der Waals surface area contributed by atoms with Gasteiger partial charge in [-0.1, -0.05) is 18.2 Å². The van der Waals surface area contributed by atoms with Gasteiger partial charge in [0.05, 0.1) is 7.11 Å². The molecule has 0 unspecified atom stereocenters. The number of nitrogens with two attached hydrogens (primary N) is 1. The summed E-state index contributed by atoms with van der Waals surface area (Å²) in [6, 6.07) is 13.7. The van der Waals surface area contributed by atoms with Crippen LogP contribution in [0.25, 0.3) is 0 Å². The first-order valence-corrected chi connectivity index (χ1v) is 5.37. The van der Waals surface area contributed by atoms with Gasteiger partial charge in [0, 0.05) is 12.1 Å². The Morgan fingerprint density at radius 3 is 2.82 bits per heavy atom. The van der Waals surface area contributed by atoms with Crippen LogP contribution in [-0.2, 0) is 6.42 Å². The van der Waals surface area contributed by atoms with Gasteiger partial charge in [-0.3, -0.25) is 0 Å². The summed E-state index contributed by atoms with van der Waals surface area (Å²) in [5.41, 5.74) is 4.66. The smallest absolute Gasteiger partial charge is 0.140 e. The van der Waals surface area contributed by atoms with Crippen molar-refractivity contribution in [2.45, 2.75) is 6.42 Å². The lowest BCUT2D eigenvalue weighted by molar-refractivity contribution is 0.414. The predicted octanol–water partition coefficient (Wildman–Crippen LogP) is 1.97. The second kappa shape index (κ2) is 5.32. The highest BCUT2D eigenvalue weighted by Crippen LogP contribution is 2.15.